The quantitative estimate of drug-likeness (QED) is 0.733. The molecule has 0 amide bonds. The van der Waals surface area contributed by atoms with E-state index in [1.807, 2.05) is 54.6 Å². The van der Waals surface area contributed by atoms with Crippen LogP contribution in [0.1, 0.15) is 5.56 Å². The van der Waals surface area contributed by atoms with Crippen molar-refractivity contribution in [3.63, 3.8) is 0 Å². The summed E-state index contributed by atoms with van der Waals surface area (Å²) in [6, 6.07) is 17.2. The summed E-state index contributed by atoms with van der Waals surface area (Å²) < 4.78 is 12.9. The highest BCUT2D eigenvalue weighted by Gasteiger charge is 2.21. The average Bonchev–Trinajstić information content (AvgIpc) is 2.71. The van der Waals surface area contributed by atoms with Gasteiger partial charge in [-0.3, -0.25) is 4.79 Å². The normalized spacial score (nSPS) is 15.4. The zero-order valence-electron chi connectivity index (χ0n) is 14.5. The molecule has 1 atom stereocenters. The summed E-state index contributed by atoms with van der Waals surface area (Å²) in [4.78, 5) is 12.5. The van der Waals surface area contributed by atoms with E-state index in [1.54, 1.807) is 6.20 Å². The van der Waals surface area contributed by atoms with Crippen LogP contribution in [0.3, 0.4) is 0 Å². The molecule has 27 heavy (non-hydrogen) atoms. The third kappa shape index (κ3) is 3.90. The molecule has 2 heterocycles. The van der Waals surface area contributed by atoms with Gasteiger partial charge in [0.15, 0.2) is 11.5 Å². The van der Waals surface area contributed by atoms with Gasteiger partial charge < -0.3 is 14.8 Å². The number of anilines is 1. The second kappa shape index (κ2) is 7.72. The fourth-order valence-corrected chi connectivity index (χ4v) is 3.06. The van der Waals surface area contributed by atoms with Gasteiger partial charge in [0.05, 0.1) is 25.0 Å². The molecule has 0 bridgehead atoms. The SMILES string of the molecule is O=c1c(Cl)c(NC[C@H]2COc3ccccc3O2)cnn1Cc1ccccc1. The van der Waals surface area contributed by atoms with E-state index in [-0.39, 0.29) is 16.7 Å². The lowest BCUT2D eigenvalue weighted by Crippen LogP contribution is -2.35. The number of fused-ring (bicyclic) bond motifs is 1. The van der Waals surface area contributed by atoms with Crippen LogP contribution in [0.2, 0.25) is 5.02 Å². The number of para-hydroxylation sites is 2. The number of aromatic nitrogens is 2. The highest BCUT2D eigenvalue weighted by molar-refractivity contribution is 6.32. The molecule has 1 N–H and O–H groups in total. The molecule has 1 aromatic heterocycles. The molecule has 0 spiro atoms. The van der Waals surface area contributed by atoms with Crippen LogP contribution in [0.4, 0.5) is 5.69 Å². The Bertz CT molecular complexity index is 991. The van der Waals surface area contributed by atoms with Crippen LogP contribution < -0.4 is 20.3 Å². The molecular formula is C20H18ClN3O3. The Hall–Kier alpha value is -2.99. The first-order valence-corrected chi connectivity index (χ1v) is 9.00. The summed E-state index contributed by atoms with van der Waals surface area (Å²) in [5.41, 5.74) is 1.13. The Kier molecular flexibility index (Phi) is 4.98. The van der Waals surface area contributed by atoms with Crippen molar-refractivity contribution < 1.29 is 9.47 Å². The van der Waals surface area contributed by atoms with E-state index in [4.69, 9.17) is 21.1 Å². The van der Waals surface area contributed by atoms with Gasteiger partial charge in [0.1, 0.15) is 17.7 Å². The molecule has 0 saturated heterocycles. The fraction of sp³-hybridized carbons (Fsp3) is 0.200. The van der Waals surface area contributed by atoms with Crippen LogP contribution in [-0.2, 0) is 6.54 Å². The van der Waals surface area contributed by atoms with E-state index in [0.717, 1.165) is 11.3 Å². The average molecular weight is 384 g/mol. The molecule has 0 radical (unpaired) electrons. The molecule has 3 aromatic rings. The van der Waals surface area contributed by atoms with Crippen molar-refractivity contribution in [1.29, 1.82) is 0 Å². The summed E-state index contributed by atoms with van der Waals surface area (Å²) >= 11 is 6.26. The number of rotatable bonds is 5. The smallest absolute Gasteiger partial charge is 0.287 e. The Balaban J connectivity index is 1.43. The number of nitrogens with zero attached hydrogens (tertiary/aromatic N) is 2. The lowest BCUT2D eigenvalue weighted by molar-refractivity contribution is 0.0997. The van der Waals surface area contributed by atoms with E-state index in [0.29, 0.717) is 31.1 Å². The Morgan fingerprint density at radius 3 is 2.67 bits per heavy atom. The highest BCUT2D eigenvalue weighted by atomic mass is 35.5. The van der Waals surface area contributed by atoms with Crippen molar-refractivity contribution in [3.05, 3.63) is 81.7 Å². The topological polar surface area (TPSA) is 65.4 Å². The Morgan fingerprint density at radius 2 is 1.85 bits per heavy atom. The van der Waals surface area contributed by atoms with Crippen LogP contribution in [0, 0.1) is 0 Å². The van der Waals surface area contributed by atoms with Crippen LogP contribution in [0.25, 0.3) is 0 Å². The van der Waals surface area contributed by atoms with Crippen LogP contribution in [0.5, 0.6) is 11.5 Å². The Morgan fingerprint density at radius 1 is 1.11 bits per heavy atom. The Labute approximate surface area is 161 Å². The van der Waals surface area contributed by atoms with Crippen LogP contribution >= 0.6 is 11.6 Å². The predicted molar refractivity (Wildman–Crippen MR) is 104 cm³/mol. The number of ether oxygens (including phenoxy) is 2. The largest absolute Gasteiger partial charge is 0.486 e. The first kappa shape index (κ1) is 17.4. The summed E-state index contributed by atoms with van der Waals surface area (Å²) in [5.74, 6) is 1.44. The summed E-state index contributed by atoms with van der Waals surface area (Å²) in [5, 5.41) is 7.46. The lowest BCUT2D eigenvalue weighted by atomic mass is 10.2. The van der Waals surface area contributed by atoms with E-state index < -0.39 is 0 Å². The molecular weight excluding hydrogens is 366 g/mol. The minimum absolute atomic E-state index is 0.109. The number of benzene rings is 2. The number of hydrogen-bond donors (Lipinski definition) is 1. The highest BCUT2D eigenvalue weighted by Crippen LogP contribution is 2.31. The minimum Gasteiger partial charge on any atom is -0.486 e. The second-order valence-electron chi connectivity index (χ2n) is 6.20. The molecule has 1 aliphatic rings. The van der Waals surface area contributed by atoms with Crippen LogP contribution in [-0.4, -0.2) is 29.0 Å². The molecule has 2 aromatic carbocycles. The summed E-state index contributed by atoms with van der Waals surface area (Å²) in [7, 11) is 0. The van der Waals surface area contributed by atoms with Gasteiger partial charge in [-0.1, -0.05) is 54.1 Å². The van der Waals surface area contributed by atoms with Gasteiger partial charge in [0, 0.05) is 0 Å². The van der Waals surface area contributed by atoms with Crippen molar-refractivity contribution in [2.45, 2.75) is 12.6 Å². The van der Waals surface area contributed by atoms with Crippen LogP contribution in [0.15, 0.2) is 65.6 Å². The third-order valence-corrected chi connectivity index (χ3v) is 4.61. The molecule has 0 aliphatic carbocycles. The molecule has 1 aliphatic heterocycles. The molecule has 138 valence electrons. The molecule has 0 saturated carbocycles. The first-order valence-electron chi connectivity index (χ1n) is 8.62. The van der Waals surface area contributed by atoms with Gasteiger partial charge in [-0.15, -0.1) is 0 Å². The summed E-state index contributed by atoms with van der Waals surface area (Å²) in [6.45, 7) is 1.23. The molecule has 7 heteroatoms. The van der Waals surface area contributed by atoms with E-state index >= 15 is 0 Å². The lowest BCUT2D eigenvalue weighted by Gasteiger charge is -2.26. The third-order valence-electron chi connectivity index (χ3n) is 4.25. The van der Waals surface area contributed by atoms with E-state index in [1.165, 1.54) is 4.68 Å². The molecule has 4 rings (SSSR count). The number of halogens is 1. The van der Waals surface area contributed by atoms with Gasteiger partial charge in [-0.05, 0) is 17.7 Å². The second-order valence-corrected chi connectivity index (χ2v) is 6.58. The molecule has 0 fully saturated rings. The number of nitrogens with one attached hydrogen (secondary N) is 1. The van der Waals surface area contributed by atoms with Crippen molar-refractivity contribution >= 4 is 17.3 Å². The number of hydrogen-bond acceptors (Lipinski definition) is 5. The molecule has 0 unspecified atom stereocenters. The monoisotopic (exact) mass is 383 g/mol. The van der Waals surface area contributed by atoms with Gasteiger partial charge in [-0.2, -0.15) is 5.10 Å². The van der Waals surface area contributed by atoms with E-state index in [9.17, 15) is 4.79 Å². The minimum atomic E-state index is -0.336. The van der Waals surface area contributed by atoms with Gasteiger partial charge in [0.2, 0.25) is 0 Å². The maximum atomic E-state index is 12.5. The van der Waals surface area contributed by atoms with E-state index in [2.05, 4.69) is 10.4 Å². The maximum absolute atomic E-state index is 12.5. The first-order chi connectivity index (χ1) is 13.2. The molecule has 6 nitrogen and oxygen atoms in total. The predicted octanol–water partition coefficient (Wildman–Crippen LogP) is 3.20. The maximum Gasteiger partial charge on any atom is 0.287 e. The van der Waals surface area contributed by atoms with Crippen molar-refractivity contribution in [1.82, 2.24) is 9.78 Å². The van der Waals surface area contributed by atoms with Gasteiger partial charge in [-0.25, -0.2) is 4.68 Å². The van der Waals surface area contributed by atoms with Crippen molar-refractivity contribution in [3.8, 4) is 11.5 Å². The van der Waals surface area contributed by atoms with Gasteiger partial charge >= 0.3 is 0 Å². The summed E-state index contributed by atoms with van der Waals surface area (Å²) in [6.07, 6.45) is 1.37. The van der Waals surface area contributed by atoms with Crippen molar-refractivity contribution in [2.24, 2.45) is 0 Å². The zero-order valence-corrected chi connectivity index (χ0v) is 15.2. The zero-order chi connectivity index (χ0) is 18.6. The van der Waals surface area contributed by atoms with Gasteiger partial charge in [0.25, 0.3) is 5.56 Å². The van der Waals surface area contributed by atoms with Crippen molar-refractivity contribution in [2.75, 3.05) is 18.5 Å². The standard InChI is InChI=1S/C20H18ClN3O3/c21-19-16(11-23-24(20(19)25)12-14-6-2-1-3-7-14)22-10-15-13-26-17-8-4-5-9-18(17)27-15/h1-9,11,15,22H,10,12-13H2/t15-/m0/s1. The fourth-order valence-electron chi connectivity index (χ4n) is 2.84.